The van der Waals surface area contributed by atoms with Gasteiger partial charge in [-0.25, -0.2) is 4.79 Å². The van der Waals surface area contributed by atoms with Gasteiger partial charge in [-0.2, -0.15) is 0 Å². The number of aromatic nitrogens is 3. The van der Waals surface area contributed by atoms with Gasteiger partial charge >= 0.3 is 6.03 Å². The first-order valence-corrected chi connectivity index (χ1v) is 7.58. The zero-order valence-corrected chi connectivity index (χ0v) is 12.8. The van der Waals surface area contributed by atoms with Gasteiger partial charge in [0.2, 0.25) is 0 Å². The Morgan fingerprint density at radius 3 is 2.77 bits per heavy atom. The molecule has 2 rings (SSSR count). The molecule has 0 aliphatic carbocycles. The zero-order chi connectivity index (χ0) is 15.9. The second kappa shape index (κ2) is 7.74. The number of rotatable bonds is 5. The Labute approximate surface area is 129 Å². The molecule has 2 heterocycles. The van der Waals surface area contributed by atoms with Crippen LogP contribution in [0.15, 0.2) is 6.20 Å². The molecule has 4 N–H and O–H groups in total. The van der Waals surface area contributed by atoms with Crippen LogP contribution in [0.3, 0.4) is 0 Å². The van der Waals surface area contributed by atoms with E-state index in [0.717, 1.165) is 12.8 Å². The molecule has 0 atom stereocenters. The molecule has 1 aromatic heterocycles. The van der Waals surface area contributed by atoms with Crippen molar-refractivity contribution < 1.29 is 9.59 Å². The van der Waals surface area contributed by atoms with Crippen molar-refractivity contribution in [1.82, 2.24) is 30.5 Å². The van der Waals surface area contributed by atoms with Gasteiger partial charge in [-0.05, 0) is 19.8 Å². The van der Waals surface area contributed by atoms with E-state index in [2.05, 4.69) is 20.9 Å². The number of nitrogens with zero attached hydrogens (tertiary/aromatic N) is 4. The molecule has 0 aromatic carbocycles. The van der Waals surface area contributed by atoms with Gasteiger partial charge in [-0.1, -0.05) is 5.21 Å². The van der Waals surface area contributed by atoms with Crippen molar-refractivity contribution >= 4 is 11.9 Å². The van der Waals surface area contributed by atoms with Crippen LogP contribution in [-0.2, 0) is 6.54 Å². The number of nitrogens with one attached hydrogen (secondary N) is 2. The van der Waals surface area contributed by atoms with Gasteiger partial charge in [0.05, 0.1) is 12.7 Å². The summed E-state index contributed by atoms with van der Waals surface area (Å²) in [7, 11) is 0. The minimum atomic E-state index is -0.236. The summed E-state index contributed by atoms with van der Waals surface area (Å²) < 4.78 is 1.55. The van der Waals surface area contributed by atoms with Gasteiger partial charge in [-0.3, -0.25) is 9.48 Å². The number of carbonyl (C=O) groups is 2. The fourth-order valence-electron chi connectivity index (χ4n) is 2.39. The van der Waals surface area contributed by atoms with E-state index in [9.17, 15) is 9.59 Å². The molecule has 0 unspecified atom stereocenters. The van der Waals surface area contributed by atoms with Crippen LogP contribution in [-0.4, -0.2) is 64.1 Å². The maximum atomic E-state index is 12.1. The topological polar surface area (TPSA) is 118 Å². The highest BCUT2D eigenvalue weighted by atomic mass is 16.2. The fourth-order valence-corrected chi connectivity index (χ4v) is 2.39. The number of urea groups is 1. The summed E-state index contributed by atoms with van der Waals surface area (Å²) in [6, 6.07) is 0.00911. The maximum Gasteiger partial charge on any atom is 0.317 e. The number of hydrogen-bond acceptors (Lipinski definition) is 5. The molecule has 1 aromatic rings. The third-order valence-corrected chi connectivity index (χ3v) is 3.57. The Hall–Kier alpha value is -2.16. The summed E-state index contributed by atoms with van der Waals surface area (Å²) in [5, 5.41) is 13.4. The molecule has 0 saturated carbocycles. The molecule has 22 heavy (non-hydrogen) atoms. The van der Waals surface area contributed by atoms with Crippen LogP contribution in [0.1, 0.15) is 30.3 Å². The third kappa shape index (κ3) is 4.17. The van der Waals surface area contributed by atoms with Crippen molar-refractivity contribution in [2.24, 2.45) is 5.73 Å². The molecule has 0 radical (unpaired) electrons. The Morgan fingerprint density at radius 1 is 1.41 bits per heavy atom. The van der Waals surface area contributed by atoms with E-state index in [1.54, 1.807) is 15.8 Å². The summed E-state index contributed by atoms with van der Waals surface area (Å²) >= 11 is 0. The highest BCUT2D eigenvalue weighted by Crippen LogP contribution is 2.11. The minimum absolute atomic E-state index is 0.0444. The Bertz CT molecular complexity index is 508. The number of carbonyl (C=O) groups excluding carboxylic acids is 2. The highest BCUT2D eigenvalue weighted by molar-refractivity contribution is 5.92. The van der Waals surface area contributed by atoms with E-state index in [1.807, 2.05) is 6.92 Å². The summed E-state index contributed by atoms with van der Waals surface area (Å²) in [6.07, 6.45) is 3.06. The van der Waals surface area contributed by atoms with E-state index in [4.69, 9.17) is 5.73 Å². The first-order chi connectivity index (χ1) is 10.6. The molecule has 1 aliphatic rings. The molecule has 3 amide bonds. The van der Waals surface area contributed by atoms with E-state index in [-0.39, 0.29) is 18.0 Å². The fraction of sp³-hybridized carbons (Fsp3) is 0.692. The van der Waals surface area contributed by atoms with E-state index in [1.165, 1.54) is 0 Å². The van der Waals surface area contributed by atoms with Crippen LogP contribution in [0, 0.1) is 0 Å². The number of piperidine rings is 1. The SMILES string of the molecule is CCNC(=O)N1CCC(NC(=O)c2cn(CCN)nn2)CC1. The average Bonchev–Trinajstić information content (AvgIpc) is 2.97. The lowest BCUT2D eigenvalue weighted by atomic mass is 10.1. The number of amides is 3. The normalized spacial score (nSPS) is 15.6. The monoisotopic (exact) mass is 309 g/mol. The summed E-state index contributed by atoms with van der Waals surface area (Å²) in [6.45, 7) is 4.76. The van der Waals surface area contributed by atoms with Crippen molar-refractivity contribution in [2.75, 3.05) is 26.2 Å². The van der Waals surface area contributed by atoms with Crippen LogP contribution in [0.25, 0.3) is 0 Å². The van der Waals surface area contributed by atoms with Crippen molar-refractivity contribution in [1.29, 1.82) is 0 Å². The van der Waals surface area contributed by atoms with Crippen LogP contribution in [0.5, 0.6) is 0 Å². The summed E-state index contributed by atoms with van der Waals surface area (Å²) in [4.78, 5) is 25.6. The van der Waals surface area contributed by atoms with Crippen LogP contribution in [0.4, 0.5) is 4.79 Å². The predicted molar refractivity (Wildman–Crippen MR) is 80.2 cm³/mol. The molecule has 122 valence electrons. The number of hydrogen-bond donors (Lipinski definition) is 3. The molecular weight excluding hydrogens is 286 g/mol. The van der Waals surface area contributed by atoms with Gasteiger partial charge in [-0.15, -0.1) is 5.10 Å². The molecule has 1 saturated heterocycles. The molecule has 9 nitrogen and oxygen atoms in total. The Balaban J connectivity index is 1.79. The van der Waals surface area contributed by atoms with Crippen molar-refractivity contribution in [3.8, 4) is 0 Å². The second-order valence-corrected chi connectivity index (χ2v) is 5.23. The lowest BCUT2D eigenvalue weighted by Crippen LogP contribution is -2.49. The maximum absolute atomic E-state index is 12.1. The summed E-state index contributed by atoms with van der Waals surface area (Å²) in [5.41, 5.74) is 5.72. The van der Waals surface area contributed by atoms with E-state index >= 15 is 0 Å². The third-order valence-electron chi connectivity index (χ3n) is 3.57. The lowest BCUT2D eigenvalue weighted by Gasteiger charge is -2.32. The Morgan fingerprint density at radius 2 is 2.14 bits per heavy atom. The van der Waals surface area contributed by atoms with E-state index in [0.29, 0.717) is 38.4 Å². The first-order valence-electron chi connectivity index (χ1n) is 7.58. The van der Waals surface area contributed by atoms with Gasteiger partial charge in [0.15, 0.2) is 5.69 Å². The molecule has 1 fully saturated rings. The highest BCUT2D eigenvalue weighted by Gasteiger charge is 2.24. The summed E-state index contributed by atoms with van der Waals surface area (Å²) in [5.74, 6) is -0.236. The number of likely N-dealkylation sites (tertiary alicyclic amines) is 1. The minimum Gasteiger partial charge on any atom is -0.348 e. The van der Waals surface area contributed by atoms with E-state index < -0.39 is 0 Å². The molecule has 0 bridgehead atoms. The standard InChI is InChI=1S/C13H23N7O2/c1-2-15-13(22)19-6-3-10(4-7-19)16-12(21)11-9-20(8-5-14)18-17-11/h9-10H,2-8,14H2,1H3,(H,15,22)(H,16,21). The molecule has 0 spiro atoms. The number of nitrogens with two attached hydrogens (primary N) is 1. The predicted octanol–water partition coefficient (Wildman–Crippen LogP) is -0.839. The molecular formula is C13H23N7O2. The van der Waals surface area contributed by atoms with Crippen molar-refractivity contribution in [3.63, 3.8) is 0 Å². The van der Waals surface area contributed by atoms with Gasteiger partial charge < -0.3 is 21.3 Å². The average molecular weight is 309 g/mol. The first kappa shape index (κ1) is 16.2. The second-order valence-electron chi connectivity index (χ2n) is 5.23. The lowest BCUT2D eigenvalue weighted by molar-refractivity contribution is 0.0913. The molecule has 9 heteroatoms. The van der Waals surface area contributed by atoms with Crippen LogP contribution >= 0.6 is 0 Å². The molecule has 1 aliphatic heterocycles. The van der Waals surface area contributed by atoms with Crippen LogP contribution < -0.4 is 16.4 Å². The van der Waals surface area contributed by atoms with Gasteiger partial charge in [0.1, 0.15) is 0 Å². The van der Waals surface area contributed by atoms with Gasteiger partial charge in [0, 0.05) is 32.2 Å². The largest absolute Gasteiger partial charge is 0.348 e. The van der Waals surface area contributed by atoms with Gasteiger partial charge in [0.25, 0.3) is 5.91 Å². The Kier molecular flexibility index (Phi) is 5.70. The van der Waals surface area contributed by atoms with Crippen molar-refractivity contribution in [3.05, 3.63) is 11.9 Å². The smallest absolute Gasteiger partial charge is 0.317 e. The van der Waals surface area contributed by atoms with Crippen LogP contribution in [0.2, 0.25) is 0 Å². The zero-order valence-electron chi connectivity index (χ0n) is 12.8. The quantitative estimate of drug-likeness (QED) is 0.655. The van der Waals surface area contributed by atoms with Crippen molar-refractivity contribution in [2.45, 2.75) is 32.4 Å².